The van der Waals surface area contributed by atoms with Gasteiger partial charge in [0.1, 0.15) is 11.3 Å². The van der Waals surface area contributed by atoms with Gasteiger partial charge in [0, 0.05) is 29.1 Å². The monoisotopic (exact) mass is 414 g/mol. The normalized spacial score (nSPS) is 23.2. The number of hydrogen-bond donors (Lipinski definition) is 2. The SMILES string of the molecule is CC1(O)CC(N)(c2ccc(-c3nc(-c4cncnc4)sc3-c3ccccc3)cc2)C1. The molecule has 5 rings (SSSR count). The van der Waals surface area contributed by atoms with E-state index >= 15 is 0 Å². The molecule has 0 amide bonds. The minimum Gasteiger partial charge on any atom is -0.390 e. The van der Waals surface area contributed by atoms with Gasteiger partial charge in [0.05, 0.1) is 16.2 Å². The molecular formula is C24H22N4OS. The Labute approximate surface area is 179 Å². The van der Waals surface area contributed by atoms with E-state index in [1.54, 1.807) is 23.7 Å². The highest BCUT2D eigenvalue weighted by molar-refractivity contribution is 7.19. The zero-order chi connectivity index (χ0) is 20.8. The molecule has 0 radical (unpaired) electrons. The Morgan fingerprint density at radius 1 is 0.900 bits per heavy atom. The van der Waals surface area contributed by atoms with Crippen LogP contribution in [0.4, 0.5) is 0 Å². The molecular weight excluding hydrogens is 392 g/mol. The van der Waals surface area contributed by atoms with Crippen molar-refractivity contribution < 1.29 is 5.11 Å². The fraction of sp³-hybridized carbons (Fsp3) is 0.208. The summed E-state index contributed by atoms with van der Waals surface area (Å²) in [6.45, 7) is 1.84. The number of aromatic nitrogens is 3. The molecule has 1 fully saturated rings. The van der Waals surface area contributed by atoms with Crippen LogP contribution in [0.1, 0.15) is 25.3 Å². The first-order chi connectivity index (χ1) is 14.4. The van der Waals surface area contributed by atoms with Crippen LogP contribution in [0.15, 0.2) is 73.3 Å². The number of hydrogen-bond acceptors (Lipinski definition) is 6. The lowest BCUT2D eigenvalue weighted by molar-refractivity contribution is -0.0738. The van der Waals surface area contributed by atoms with Gasteiger partial charge in [-0.05, 0) is 30.9 Å². The van der Waals surface area contributed by atoms with Crippen LogP contribution in [0, 0.1) is 0 Å². The Bertz CT molecular complexity index is 1160. The lowest BCUT2D eigenvalue weighted by Crippen LogP contribution is -2.58. The predicted octanol–water partition coefficient (Wildman–Crippen LogP) is 4.63. The summed E-state index contributed by atoms with van der Waals surface area (Å²) in [5, 5.41) is 11.0. The van der Waals surface area contributed by atoms with Gasteiger partial charge in [-0.25, -0.2) is 15.0 Å². The van der Waals surface area contributed by atoms with Crippen molar-refractivity contribution in [2.24, 2.45) is 5.73 Å². The first-order valence-corrected chi connectivity index (χ1v) is 10.7. The second kappa shape index (κ2) is 7.09. The molecule has 0 spiro atoms. The van der Waals surface area contributed by atoms with Crippen molar-refractivity contribution in [2.45, 2.75) is 30.9 Å². The largest absolute Gasteiger partial charge is 0.390 e. The van der Waals surface area contributed by atoms with E-state index in [4.69, 9.17) is 10.7 Å². The van der Waals surface area contributed by atoms with Gasteiger partial charge in [0.15, 0.2) is 0 Å². The van der Waals surface area contributed by atoms with Crippen molar-refractivity contribution in [1.29, 1.82) is 0 Å². The third-order valence-electron chi connectivity index (χ3n) is 5.60. The molecule has 30 heavy (non-hydrogen) atoms. The summed E-state index contributed by atoms with van der Waals surface area (Å²) in [7, 11) is 0. The summed E-state index contributed by atoms with van der Waals surface area (Å²) in [4.78, 5) is 14.3. The number of rotatable bonds is 4. The van der Waals surface area contributed by atoms with Crippen LogP contribution < -0.4 is 5.73 Å². The van der Waals surface area contributed by atoms with Crippen molar-refractivity contribution >= 4 is 11.3 Å². The molecule has 0 atom stereocenters. The van der Waals surface area contributed by atoms with Gasteiger partial charge in [0.25, 0.3) is 0 Å². The molecule has 2 aromatic heterocycles. The average molecular weight is 415 g/mol. The van der Waals surface area contributed by atoms with Crippen LogP contribution >= 0.6 is 11.3 Å². The van der Waals surface area contributed by atoms with Crippen molar-refractivity contribution in [3.63, 3.8) is 0 Å². The Hall–Kier alpha value is -2.93. The lowest BCUT2D eigenvalue weighted by Gasteiger charge is -2.49. The van der Waals surface area contributed by atoms with E-state index in [0.29, 0.717) is 12.8 Å². The van der Waals surface area contributed by atoms with Gasteiger partial charge in [0.2, 0.25) is 0 Å². The minimum absolute atomic E-state index is 0.459. The Balaban J connectivity index is 1.56. The maximum atomic E-state index is 10.1. The lowest BCUT2D eigenvalue weighted by atomic mass is 9.63. The molecule has 0 unspecified atom stereocenters. The van der Waals surface area contributed by atoms with E-state index in [0.717, 1.165) is 37.8 Å². The van der Waals surface area contributed by atoms with Gasteiger partial charge < -0.3 is 10.8 Å². The van der Waals surface area contributed by atoms with Gasteiger partial charge in [-0.15, -0.1) is 11.3 Å². The van der Waals surface area contributed by atoms with Crippen LogP contribution in [0.5, 0.6) is 0 Å². The van der Waals surface area contributed by atoms with Gasteiger partial charge in [-0.3, -0.25) is 0 Å². The summed E-state index contributed by atoms with van der Waals surface area (Å²) >= 11 is 1.64. The third kappa shape index (κ3) is 3.43. The molecule has 3 N–H and O–H groups in total. The molecule has 1 aliphatic carbocycles. The molecule has 4 aromatic rings. The first-order valence-electron chi connectivity index (χ1n) is 9.87. The maximum Gasteiger partial charge on any atom is 0.127 e. The van der Waals surface area contributed by atoms with Crippen LogP contribution in [0.2, 0.25) is 0 Å². The zero-order valence-electron chi connectivity index (χ0n) is 16.6. The highest BCUT2D eigenvalue weighted by Gasteiger charge is 2.49. The topological polar surface area (TPSA) is 84.9 Å². The van der Waals surface area contributed by atoms with Crippen LogP contribution in [-0.2, 0) is 5.54 Å². The van der Waals surface area contributed by atoms with E-state index in [1.807, 2.05) is 25.1 Å². The molecule has 0 saturated heterocycles. The summed E-state index contributed by atoms with van der Waals surface area (Å²) in [6, 6.07) is 18.5. The standard InChI is InChI=1S/C24H22N4OS/c1-23(29)13-24(25,14-23)19-9-7-16(8-10-19)20-21(17-5-3-2-4-6-17)30-22(28-20)18-11-26-15-27-12-18/h2-12,15,29H,13-14,25H2,1H3. The molecule has 5 nitrogen and oxygen atoms in total. The number of nitrogens with zero attached hydrogens (tertiary/aromatic N) is 3. The first kappa shape index (κ1) is 19.1. The van der Waals surface area contributed by atoms with E-state index in [2.05, 4.69) is 46.4 Å². The van der Waals surface area contributed by atoms with Gasteiger partial charge >= 0.3 is 0 Å². The average Bonchev–Trinajstić information content (AvgIpc) is 3.19. The molecule has 2 heterocycles. The van der Waals surface area contributed by atoms with Crippen LogP contribution in [-0.4, -0.2) is 25.7 Å². The van der Waals surface area contributed by atoms with E-state index < -0.39 is 11.1 Å². The highest BCUT2D eigenvalue weighted by atomic mass is 32.1. The summed E-state index contributed by atoms with van der Waals surface area (Å²) in [5.74, 6) is 0. The summed E-state index contributed by atoms with van der Waals surface area (Å²) < 4.78 is 0. The second-order valence-corrected chi connectivity index (χ2v) is 9.27. The minimum atomic E-state index is -0.671. The summed E-state index contributed by atoms with van der Waals surface area (Å²) in [6.07, 6.45) is 6.24. The maximum absolute atomic E-state index is 10.1. The Morgan fingerprint density at radius 3 is 2.20 bits per heavy atom. The van der Waals surface area contributed by atoms with Crippen LogP contribution in [0.25, 0.3) is 32.3 Å². The van der Waals surface area contributed by atoms with Gasteiger partial charge in [-0.2, -0.15) is 0 Å². The van der Waals surface area contributed by atoms with Crippen LogP contribution in [0.3, 0.4) is 0 Å². The molecule has 0 bridgehead atoms. The van der Waals surface area contributed by atoms with Crippen molar-refractivity contribution in [3.8, 4) is 32.3 Å². The number of aliphatic hydroxyl groups is 1. The van der Waals surface area contributed by atoms with Crippen molar-refractivity contribution in [1.82, 2.24) is 15.0 Å². The van der Waals surface area contributed by atoms with Gasteiger partial charge in [-0.1, -0.05) is 54.6 Å². The molecule has 6 heteroatoms. The van der Waals surface area contributed by atoms with Crippen molar-refractivity contribution in [3.05, 3.63) is 78.9 Å². The smallest absolute Gasteiger partial charge is 0.127 e. The molecule has 1 aliphatic rings. The molecule has 150 valence electrons. The molecule has 2 aromatic carbocycles. The predicted molar refractivity (Wildman–Crippen MR) is 120 cm³/mol. The highest BCUT2D eigenvalue weighted by Crippen LogP contribution is 2.47. The third-order valence-corrected chi connectivity index (χ3v) is 6.75. The Morgan fingerprint density at radius 2 is 1.57 bits per heavy atom. The zero-order valence-corrected chi connectivity index (χ0v) is 17.4. The number of benzene rings is 2. The quantitative estimate of drug-likeness (QED) is 0.508. The van der Waals surface area contributed by atoms with E-state index in [-0.39, 0.29) is 0 Å². The molecule has 0 aliphatic heterocycles. The van der Waals surface area contributed by atoms with Crippen molar-refractivity contribution in [2.75, 3.05) is 0 Å². The number of thiazole rings is 1. The number of nitrogens with two attached hydrogens (primary N) is 1. The fourth-order valence-electron chi connectivity index (χ4n) is 4.31. The fourth-order valence-corrected chi connectivity index (χ4v) is 5.37. The molecule has 1 saturated carbocycles. The Kier molecular flexibility index (Phi) is 4.50. The van der Waals surface area contributed by atoms with E-state index in [9.17, 15) is 5.11 Å². The second-order valence-electron chi connectivity index (χ2n) is 8.27. The summed E-state index contributed by atoms with van der Waals surface area (Å²) in [5.41, 5.74) is 10.4. The van der Waals surface area contributed by atoms with E-state index in [1.165, 1.54) is 6.33 Å².